The lowest BCUT2D eigenvalue weighted by molar-refractivity contribution is 0.199. The molecule has 0 bridgehead atoms. The third-order valence-corrected chi connectivity index (χ3v) is 3.93. The van der Waals surface area contributed by atoms with E-state index in [4.69, 9.17) is 0 Å². The third-order valence-electron chi connectivity index (χ3n) is 2.89. The summed E-state index contributed by atoms with van der Waals surface area (Å²) in [5.41, 5.74) is 2.19. The van der Waals surface area contributed by atoms with Crippen LogP contribution in [0, 0.1) is 0 Å². The Balaban J connectivity index is 1.98. The summed E-state index contributed by atoms with van der Waals surface area (Å²) >= 11 is 1.79. The molecule has 0 saturated carbocycles. The number of aryl methyl sites for hydroxylation is 1. The Labute approximate surface area is 112 Å². The number of aliphatic hydroxyl groups is 1. The maximum atomic E-state index is 9.44. The van der Waals surface area contributed by atoms with Crippen molar-refractivity contribution in [2.75, 3.05) is 0 Å². The Bertz CT molecular complexity index is 491. The molecule has 18 heavy (non-hydrogen) atoms. The summed E-state index contributed by atoms with van der Waals surface area (Å²) in [5, 5.41) is 9.44. The molecule has 0 fully saturated rings. The number of hydrogen-bond acceptors (Lipinski definition) is 3. The molecule has 1 atom stereocenters. The molecule has 4 heteroatoms. The van der Waals surface area contributed by atoms with Crippen molar-refractivity contribution >= 4 is 11.8 Å². The minimum atomic E-state index is -0.398. The quantitative estimate of drug-likeness (QED) is 0.841. The number of nitrogens with zero attached hydrogens (tertiary/aromatic N) is 2. The van der Waals surface area contributed by atoms with E-state index in [1.165, 1.54) is 10.6 Å². The monoisotopic (exact) mass is 262 g/mol. The Morgan fingerprint density at radius 2 is 2.06 bits per heavy atom. The summed E-state index contributed by atoms with van der Waals surface area (Å²) in [6, 6.07) is 8.06. The van der Waals surface area contributed by atoms with Gasteiger partial charge in [0.1, 0.15) is 0 Å². The van der Waals surface area contributed by atoms with E-state index in [-0.39, 0.29) is 0 Å². The average Bonchev–Trinajstić information content (AvgIpc) is 2.84. The smallest absolute Gasteiger partial charge is 0.0948 e. The van der Waals surface area contributed by atoms with E-state index in [9.17, 15) is 5.11 Å². The molecule has 0 aliphatic heterocycles. The molecule has 0 amide bonds. The van der Waals surface area contributed by atoms with E-state index < -0.39 is 6.10 Å². The molecule has 1 heterocycles. The number of imidazole rings is 1. The second-order valence-electron chi connectivity index (χ2n) is 4.20. The number of aliphatic hydroxyl groups excluding tert-OH is 1. The minimum Gasteiger partial charge on any atom is -0.389 e. The van der Waals surface area contributed by atoms with Crippen molar-refractivity contribution in [3.63, 3.8) is 0 Å². The highest BCUT2D eigenvalue weighted by molar-refractivity contribution is 7.98. The molecule has 1 aromatic carbocycles. The molecule has 0 radical (unpaired) electrons. The summed E-state index contributed by atoms with van der Waals surface area (Å²) in [6.07, 6.45) is 3.39. The van der Waals surface area contributed by atoms with Crippen LogP contribution >= 0.6 is 11.8 Å². The lowest BCUT2D eigenvalue weighted by Gasteiger charge is -2.07. The van der Waals surface area contributed by atoms with Crippen LogP contribution in [0.4, 0.5) is 0 Å². The molecular formula is C14H18N2OS. The molecule has 0 aliphatic rings. The van der Waals surface area contributed by atoms with Gasteiger partial charge in [-0.3, -0.25) is 0 Å². The Morgan fingerprint density at radius 3 is 2.67 bits per heavy atom. The highest BCUT2D eigenvalue weighted by Crippen LogP contribution is 2.24. The van der Waals surface area contributed by atoms with Gasteiger partial charge in [-0.2, -0.15) is 0 Å². The van der Waals surface area contributed by atoms with Crippen molar-refractivity contribution in [2.45, 2.75) is 37.1 Å². The van der Waals surface area contributed by atoms with Crippen molar-refractivity contribution in [3.05, 3.63) is 48.0 Å². The topological polar surface area (TPSA) is 38.0 Å². The fourth-order valence-corrected chi connectivity index (χ4v) is 2.64. The number of benzene rings is 1. The molecule has 1 unspecified atom stereocenters. The zero-order chi connectivity index (χ0) is 13.0. The zero-order valence-electron chi connectivity index (χ0n) is 10.7. The maximum absolute atomic E-state index is 9.44. The van der Waals surface area contributed by atoms with Crippen LogP contribution in [-0.2, 0) is 12.3 Å². The van der Waals surface area contributed by atoms with Gasteiger partial charge < -0.3 is 9.67 Å². The SMILES string of the molecule is CCn1cncc1CSc1ccc(C(C)O)cc1. The number of aromatic nitrogens is 2. The molecular weight excluding hydrogens is 244 g/mol. The Morgan fingerprint density at radius 1 is 1.33 bits per heavy atom. The predicted molar refractivity (Wildman–Crippen MR) is 74.5 cm³/mol. The van der Waals surface area contributed by atoms with Crippen molar-refractivity contribution < 1.29 is 5.11 Å². The van der Waals surface area contributed by atoms with Crippen molar-refractivity contribution in [1.29, 1.82) is 0 Å². The van der Waals surface area contributed by atoms with Crippen LogP contribution in [0.3, 0.4) is 0 Å². The standard InChI is InChI=1S/C14H18N2OS/c1-3-16-10-15-8-13(16)9-18-14-6-4-12(5-7-14)11(2)17/h4-8,10-11,17H,3,9H2,1-2H3. The number of hydrogen-bond donors (Lipinski definition) is 1. The lowest BCUT2D eigenvalue weighted by Crippen LogP contribution is -1.97. The average molecular weight is 262 g/mol. The molecule has 0 aliphatic carbocycles. The molecule has 96 valence electrons. The summed E-state index contributed by atoms with van der Waals surface area (Å²) in [7, 11) is 0. The highest BCUT2D eigenvalue weighted by Gasteiger charge is 2.03. The van der Waals surface area contributed by atoms with E-state index >= 15 is 0 Å². The first-order chi connectivity index (χ1) is 8.70. The molecule has 2 aromatic rings. The maximum Gasteiger partial charge on any atom is 0.0948 e. The number of thioether (sulfide) groups is 1. The number of rotatable bonds is 5. The summed E-state index contributed by atoms with van der Waals surface area (Å²) in [6.45, 7) is 4.85. The van der Waals surface area contributed by atoms with Crippen molar-refractivity contribution in [2.24, 2.45) is 0 Å². The second kappa shape index (κ2) is 6.07. The molecule has 2 rings (SSSR count). The molecule has 3 nitrogen and oxygen atoms in total. The van der Waals surface area contributed by atoms with Gasteiger partial charge in [0.15, 0.2) is 0 Å². The van der Waals surface area contributed by atoms with E-state index in [2.05, 4.69) is 28.6 Å². The van der Waals surface area contributed by atoms with Gasteiger partial charge in [-0.15, -0.1) is 11.8 Å². The summed E-state index contributed by atoms with van der Waals surface area (Å²) in [4.78, 5) is 5.37. The van der Waals surface area contributed by atoms with Crippen LogP contribution in [-0.4, -0.2) is 14.7 Å². The van der Waals surface area contributed by atoms with Crippen LogP contribution in [0.25, 0.3) is 0 Å². The summed E-state index contributed by atoms with van der Waals surface area (Å²) < 4.78 is 2.15. The second-order valence-corrected chi connectivity index (χ2v) is 5.25. The van der Waals surface area contributed by atoms with Crippen molar-refractivity contribution in [1.82, 2.24) is 9.55 Å². The van der Waals surface area contributed by atoms with Gasteiger partial charge in [-0.05, 0) is 31.5 Å². The Kier molecular flexibility index (Phi) is 4.44. The minimum absolute atomic E-state index is 0.398. The first-order valence-corrected chi connectivity index (χ1v) is 7.09. The fraction of sp³-hybridized carbons (Fsp3) is 0.357. The third kappa shape index (κ3) is 3.15. The highest BCUT2D eigenvalue weighted by atomic mass is 32.2. The molecule has 0 saturated heterocycles. The molecule has 1 N–H and O–H groups in total. The predicted octanol–water partition coefficient (Wildman–Crippen LogP) is 3.25. The van der Waals surface area contributed by atoms with E-state index in [0.717, 1.165) is 17.9 Å². The zero-order valence-corrected chi connectivity index (χ0v) is 11.5. The first-order valence-electron chi connectivity index (χ1n) is 6.10. The van der Waals surface area contributed by atoms with E-state index in [1.807, 2.05) is 24.7 Å². The normalized spacial score (nSPS) is 12.6. The largest absolute Gasteiger partial charge is 0.389 e. The van der Waals surface area contributed by atoms with Crippen LogP contribution in [0.2, 0.25) is 0 Å². The molecule has 1 aromatic heterocycles. The van der Waals surface area contributed by atoms with Crippen LogP contribution < -0.4 is 0 Å². The summed E-state index contributed by atoms with van der Waals surface area (Å²) in [5.74, 6) is 0.919. The lowest BCUT2D eigenvalue weighted by atomic mass is 10.1. The first kappa shape index (κ1) is 13.2. The van der Waals surface area contributed by atoms with E-state index in [0.29, 0.717) is 0 Å². The fourth-order valence-electron chi connectivity index (χ4n) is 1.75. The van der Waals surface area contributed by atoms with Gasteiger partial charge in [0, 0.05) is 29.1 Å². The van der Waals surface area contributed by atoms with Crippen LogP contribution in [0.5, 0.6) is 0 Å². The van der Waals surface area contributed by atoms with Crippen molar-refractivity contribution in [3.8, 4) is 0 Å². The van der Waals surface area contributed by atoms with Gasteiger partial charge in [0.05, 0.1) is 12.4 Å². The molecule has 0 spiro atoms. The Hall–Kier alpha value is -1.26. The van der Waals surface area contributed by atoms with Gasteiger partial charge in [0.25, 0.3) is 0 Å². The van der Waals surface area contributed by atoms with E-state index in [1.54, 1.807) is 18.7 Å². The van der Waals surface area contributed by atoms with Gasteiger partial charge in [0.2, 0.25) is 0 Å². The van der Waals surface area contributed by atoms with Gasteiger partial charge >= 0.3 is 0 Å². The van der Waals surface area contributed by atoms with Crippen LogP contribution in [0.15, 0.2) is 41.7 Å². The van der Waals surface area contributed by atoms with Gasteiger partial charge in [-0.25, -0.2) is 4.98 Å². The van der Waals surface area contributed by atoms with Crippen LogP contribution in [0.1, 0.15) is 31.2 Å². The van der Waals surface area contributed by atoms with Gasteiger partial charge in [-0.1, -0.05) is 12.1 Å².